The second-order valence-electron chi connectivity index (χ2n) is 6.65. The number of nitrogens with one attached hydrogen (secondary N) is 2. The molecule has 30 heavy (non-hydrogen) atoms. The first kappa shape index (κ1) is 19.6. The highest BCUT2D eigenvalue weighted by molar-refractivity contribution is 6.30. The van der Waals surface area contributed by atoms with Crippen molar-refractivity contribution >= 4 is 56.7 Å². The molecule has 7 nitrogen and oxygen atoms in total. The van der Waals surface area contributed by atoms with E-state index in [1.165, 1.54) is 0 Å². The largest absolute Gasteiger partial charge is 0.481 e. The number of carbonyl (C=O) groups is 2. The molecule has 4 aromatic rings. The van der Waals surface area contributed by atoms with Crippen LogP contribution in [0.2, 0.25) is 5.02 Å². The Labute approximate surface area is 176 Å². The zero-order valence-electron chi connectivity index (χ0n) is 15.7. The average Bonchev–Trinajstić information content (AvgIpc) is 2.73. The average molecular weight is 421 g/mol. The van der Waals surface area contributed by atoms with Gasteiger partial charge < -0.3 is 15.7 Å². The number of carboxylic acids is 1. The van der Waals surface area contributed by atoms with Gasteiger partial charge in [-0.15, -0.1) is 0 Å². The molecule has 0 aliphatic rings. The number of hydrogen-bond acceptors (Lipinski definition) is 5. The van der Waals surface area contributed by atoms with Gasteiger partial charge in [-0.05, 0) is 36.4 Å². The van der Waals surface area contributed by atoms with Crippen molar-refractivity contribution in [2.24, 2.45) is 0 Å². The van der Waals surface area contributed by atoms with E-state index >= 15 is 0 Å². The van der Waals surface area contributed by atoms with Crippen molar-refractivity contribution in [2.45, 2.75) is 6.42 Å². The minimum atomic E-state index is -0.967. The van der Waals surface area contributed by atoms with E-state index in [2.05, 4.69) is 15.6 Å². The molecule has 0 fully saturated rings. The molecule has 0 aliphatic carbocycles. The van der Waals surface area contributed by atoms with Crippen molar-refractivity contribution in [3.8, 4) is 0 Å². The number of anilines is 2. The van der Waals surface area contributed by atoms with Crippen LogP contribution in [0.15, 0.2) is 60.9 Å². The van der Waals surface area contributed by atoms with Crippen LogP contribution in [0.4, 0.5) is 11.5 Å². The van der Waals surface area contributed by atoms with Gasteiger partial charge >= 0.3 is 5.97 Å². The highest BCUT2D eigenvalue weighted by Crippen LogP contribution is 2.31. The maximum absolute atomic E-state index is 12.4. The van der Waals surface area contributed by atoms with Crippen molar-refractivity contribution in [1.82, 2.24) is 15.3 Å². The van der Waals surface area contributed by atoms with Crippen molar-refractivity contribution in [3.05, 3.63) is 71.5 Å². The predicted octanol–water partition coefficient (Wildman–Crippen LogP) is 4.38. The lowest BCUT2D eigenvalue weighted by atomic mass is 10.1. The monoisotopic (exact) mass is 420 g/mol. The molecule has 2 aromatic heterocycles. The van der Waals surface area contributed by atoms with Crippen LogP contribution in [0.25, 0.3) is 21.7 Å². The third-order valence-corrected chi connectivity index (χ3v) is 4.81. The molecule has 4 rings (SSSR count). The molecule has 2 aromatic carbocycles. The number of carboxylic acid groups (broad SMARTS) is 1. The van der Waals surface area contributed by atoms with Crippen LogP contribution in [-0.2, 0) is 4.79 Å². The van der Waals surface area contributed by atoms with Gasteiger partial charge in [0.15, 0.2) is 0 Å². The number of hydrogen-bond donors (Lipinski definition) is 3. The van der Waals surface area contributed by atoms with Crippen LogP contribution in [-0.4, -0.2) is 33.5 Å². The molecule has 0 radical (unpaired) electrons. The summed E-state index contributed by atoms with van der Waals surface area (Å²) in [6.07, 6.45) is 3.32. The summed E-state index contributed by atoms with van der Waals surface area (Å²) in [5.74, 6) is -0.702. The highest BCUT2D eigenvalue weighted by Gasteiger charge is 2.12. The summed E-state index contributed by atoms with van der Waals surface area (Å²) >= 11 is 6.09. The number of nitrogens with zero attached hydrogens (tertiary/aromatic N) is 2. The Kier molecular flexibility index (Phi) is 5.45. The van der Waals surface area contributed by atoms with Crippen LogP contribution in [0.5, 0.6) is 0 Å². The summed E-state index contributed by atoms with van der Waals surface area (Å²) < 4.78 is 0. The maximum Gasteiger partial charge on any atom is 0.305 e. The van der Waals surface area contributed by atoms with Crippen molar-refractivity contribution in [2.75, 3.05) is 11.9 Å². The standard InChI is InChI=1S/C22H17ClN4O3/c23-14-2-1-3-15(11-14)26-21-17-6-8-24-12-18(17)16-5-4-13(10-19(16)27-21)22(30)25-9-7-20(28)29/h1-6,8,10-12H,7,9H2,(H,25,30)(H,26,27)(H,28,29). The van der Waals surface area contributed by atoms with Gasteiger partial charge in [-0.3, -0.25) is 14.6 Å². The summed E-state index contributed by atoms with van der Waals surface area (Å²) in [5.41, 5.74) is 1.80. The van der Waals surface area contributed by atoms with Gasteiger partial charge in [-0.2, -0.15) is 0 Å². The Morgan fingerprint density at radius 3 is 2.70 bits per heavy atom. The number of pyridine rings is 2. The molecule has 2 heterocycles. The van der Waals surface area contributed by atoms with Crippen molar-refractivity contribution in [1.29, 1.82) is 0 Å². The molecule has 0 saturated carbocycles. The van der Waals surface area contributed by atoms with Crippen LogP contribution < -0.4 is 10.6 Å². The second kappa shape index (κ2) is 8.34. The molecule has 1 amide bonds. The number of aliphatic carboxylic acids is 1. The quantitative estimate of drug-likeness (QED) is 0.400. The molecule has 0 spiro atoms. The molecule has 8 heteroatoms. The third kappa shape index (κ3) is 4.16. The van der Waals surface area contributed by atoms with Gasteiger partial charge in [0.1, 0.15) is 5.82 Å². The van der Waals surface area contributed by atoms with Gasteiger partial charge in [0.25, 0.3) is 5.91 Å². The minimum absolute atomic E-state index is 0.0584. The lowest BCUT2D eigenvalue weighted by Gasteiger charge is -2.12. The lowest BCUT2D eigenvalue weighted by molar-refractivity contribution is -0.136. The smallest absolute Gasteiger partial charge is 0.305 e. The van der Waals surface area contributed by atoms with Crippen LogP contribution >= 0.6 is 11.6 Å². The highest BCUT2D eigenvalue weighted by atomic mass is 35.5. The van der Waals surface area contributed by atoms with E-state index in [0.717, 1.165) is 21.8 Å². The zero-order valence-corrected chi connectivity index (χ0v) is 16.5. The number of rotatable bonds is 6. The summed E-state index contributed by atoms with van der Waals surface area (Å²) in [5, 5.41) is 17.9. The van der Waals surface area contributed by atoms with E-state index in [9.17, 15) is 9.59 Å². The fraction of sp³-hybridized carbons (Fsp3) is 0.0909. The SMILES string of the molecule is O=C(O)CCNC(=O)c1ccc2c(c1)nc(Nc1cccc(Cl)c1)c1ccncc12. The van der Waals surface area contributed by atoms with E-state index < -0.39 is 5.97 Å². The van der Waals surface area contributed by atoms with E-state index in [1.54, 1.807) is 36.7 Å². The summed E-state index contributed by atoms with van der Waals surface area (Å²) in [6.45, 7) is 0.0584. The first-order valence-corrected chi connectivity index (χ1v) is 9.59. The minimum Gasteiger partial charge on any atom is -0.481 e. The Morgan fingerprint density at radius 2 is 1.90 bits per heavy atom. The van der Waals surface area contributed by atoms with Crippen molar-refractivity contribution in [3.63, 3.8) is 0 Å². The molecule has 3 N–H and O–H groups in total. The number of benzene rings is 2. The maximum atomic E-state index is 12.4. The Morgan fingerprint density at radius 1 is 1.03 bits per heavy atom. The molecule has 150 valence electrons. The molecular weight excluding hydrogens is 404 g/mol. The van der Waals surface area contributed by atoms with Gasteiger partial charge in [0.2, 0.25) is 0 Å². The van der Waals surface area contributed by atoms with Crippen LogP contribution in [0.1, 0.15) is 16.8 Å². The Balaban J connectivity index is 1.75. The predicted molar refractivity (Wildman–Crippen MR) is 116 cm³/mol. The van der Waals surface area contributed by atoms with Crippen molar-refractivity contribution < 1.29 is 14.7 Å². The van der Waals surface area contributed by atoms with E-state index in [0.29, 0.717) is 21.9 Å². The summed E-state index contributed by atoms with van der Waals surface area (Å²) in [6, 6.07) is 14.4. The topological polar surface area (TPSA) is 104 Å². The van der Waals surface area contributed by atoms with Gasteiger partial charge in [-0.25, -0.2) is 4.98 Å². The summed E-state index contributed by atoms with van der Waals surface area (Å²) in [7, 11) is 0. The zero-order chi connectivity index (χ0) is 21.1. The molecule has 0 atom stereocenters. The van der Waals surface area contributed by atoms with E-state index in [4.69, 9.17) is 21.7 Å². The Hall–Kier alpha value is -3.71. The second-order valence-corrected chi connectivity index (χ2v) is 7.09. The van der Waals surface area contributed by atoms with E-state index in [-0.39, 0.29) is 18.9 Å². The number of halogens is 1. The van der Waals surface area contributed by atoms with E-state index in [1.807, 2.05) is 24.3 Å². The van der Waals surface area contributed by atoms with Gasteiger partial charge in [0, 0.05) is 51.4 Å². The summed E-state index contributed by atoms with van der Waals surface area (Å²) in [4.78, 5) is 32.0. The van der Waals surface area contributed by atoms with Crippen LogP contribution in [0.3, 0.4) is 0 Å². The van der Waals surface area contributed by atoms with Gasteiger partial charge in [0.05, 0.1) is 11.9 Å². The fourth-order valence-corrected chi connectivity index (χ4v) is 3.36. The normalized spacial score (nSPS) is 10.8. The molecule has 0 bridgehead atoms. The molecule has 0 unspecified atom stereocenters. The fourth-order valence-electron chi connectivity index (χ4n) is 3.17. The molecular formula is C22H17ClN4O3. The first-order valence-electron chi connectivity index (χ1n) is 9.21. The number of aromatic nitrogens is 2. The molecule has 0 aliphatic heterocycles. The van der Waals surface area contributed by atoms with Crippen LogP contribution in [0, 0.1) is 0 Å². The lowest BCUT2D eigenvalue weighted by Crippen LogP contribution is -2.25. The van der Waals surface area contributed by atoms with Gasteiger partial charge in [-0.1, -0.05) is 23.7 Å². The molecule has 0 saturated heterocycles. The number of carbonyl (C=O) groups excluding carboxylic acids is 1. The number of fused-ring (bicyclic) bond motifs is 3. The first-order chi connectivity index (χ1) is 14.5. The number of amides is 1. The Bertz CT molecular complexity index is 1280. The third-order valence-electron chi connectivity index (χ3n) is 4.57.